The summed E-state index contributed by atoms with van der Waals surface area (Å²) in [6.07, 6.45) is 0.632. The summed E-state index contributed by atoms with van der Waals surface area (Å²) in [6, 6.07) is -0.789. The molecule has 124 valence electrons. The zero-order valence-corrected chi connectivity index (χ0v) is 12.9. The quantitative estimate of drug-likeness (QED) is 0.372. The van der Waals surface area contributed by atoms with Gasteiger partial charge in [0, 0.05) is 29.0 Å². The molecule has 1 N–H and O–H groups in total. The third kappa shape index (κ3) is 2.73. The van der Waals surface area contributed by atoms with Gasteiger partial charge in [-0.2, -0.15) is 0 Å². The van der Waals surface area contributed by atoms with E-state index in [-0.39, 0.29) is 6.47 Å². The van der Waals surface area contributed by atoms with Crippen LogP contribution in [0, 0.1) is 12.8 Å². The molecule has 1 aliphatic rings. The van der Waals surface area contributed by atoms with Gasteiger partial charge in [-0.1, -0.05) is 19.0 Å². The lowest BCUT2D eigenvalue weighted by atomic mass is 9.93. The van der Waals surface area contributed by atoms with E-state index in [9.17, 15) is 14.4 Å². The van der Waals surface area contributed by atoms with Gasteiger partial charge in [0.25, 0.3) is 12.0 Å². The van der Waals surface area contributed by atoms with Crippen LogP contribution in [0.2, 0.25) is 0 Å². The summed E-state index contributed by atoms with van der Waals surface area (Å²) in [6.45, 7) is 5.24. The summed E-state index contributed by atoms with van der Waals surface area (Å²) < 4.78 is 12.0. The van der Waals surface area contributed by atoms with E-state index in [1.165, 1.54) is 13.1 Å². The van der Waals surface area contributed by atoms with Crippen LogP contribution in [0.5, 0.6) is 0 Å². The standard InChI is InChI=1S/C13H17N5O5/c1-4-13(22-6-19)8(3)9(16-17-14)11(23-13)18-5-7(2)10(20)15-12(18)21/h5-6,8-9,11H,4H2,1-3H3,(H,15,20,21)/t8-,9?,11-,13-/m1/s1. The first-order chi connectivity index (χ1) is 10.9. The summed E-state index contributed by atoms with van der Waals surface area (Å²) in [4.78, 5) is 39.4. The summed E-state index contributed by atoms with van der Waals surface area (Å²) >= 11 is 0. The number of rotatable bonds is 5. The maximum absolute atomic E-state index is 12.1. The van der Waals surface area contributed by atoms with Crippen LogP contribution in [0.15, 0.2) is 20.9 Å². The van der Waals surface area contributed by atoms with Crippen LogP contribution in [0.3, 0.4) is 0 Å². The second-order valence-electron chi connectivity index (χ2n) is 5.35. The van der Waals surface area contributed by atoms with Crippen LogP contribution >= 0.6 is 0 Å². The number of aromatic amines is 1. The molecule has 0 saturated carbocycles. The Balaban J connectivity index is 2.58. The van der Waals surface area contributed by atoms with Gasteiger partial charge in [0.2, 0.25) is 5.79 Å². The van der Waals surface area contributed by atoms with E-state index in [1.54, 1.807) is 13.8 Å². The van der Waals surface area contributed by atoms with Crippen molar-refractivity contribution in [1.29, 1.82) is 0 Å². The maximum Gasteiger partial charge on any atom is 0.330 e. The molecule has 4 atom stereocenters. The van der Waals surface area contributed by atoms with Gasteiger partial charge >= 0.3 is 5.69 Å². The molecule has 1 aliphatic heterocycles. The Morgan fingerprint density at radius 3 is 2.87 bits per heavy atom. The molecule has 1 aromatic heterocycles. The molecule has 1 saturated heterocycles. The number of carbonyl (C=O) groups excluding carboxylic acids is 1. The van der Waals surface area contributed by atoms with Crippen molar-refractivity contribution in [2.75, 3.05) is 0 Å². The number of hydrogen-bond donors (Lipinski definition) is 1. The van der Waals surface area contributed by atoms with Gasteiger partial charge in [-0.3, -0.25) is 19.1 Å². The summed E-state index contributed by atoms with van der Waals surface area (Å²) in [5, 5.41) is 3.69. The largest absolute Gasteiger partial charge is 0.435 e. The number of hydrogen-bond acceptors (Lipinski definition) is 6. The summed E-state index contributed by atoms with van der Waals surface area (Å²) in [7, 11) is 0. The first-order valence-electron chi connectivity index (χ1n) is 7.05. The SMILES string of the molecule is CC[C@@]1(OC=O)O[C@@H](n2cc(C)c(=O)[nH]c2=O)C(N=[N+]=[N-])[C@H]1C. The average molecular weight is 323 g/mol. The number of aromatic nitrogens is 2. The van der Waals surface area contributed by atoms with Crippen molar-refractivity contribution in [2.45, 2.75) is 45.2 Å². The van der Waals surface area contributed by atoms with Gasteiger partial charge in [0.1, 0.15) is 0 Å². The van der Waals surface area contributed by atoms with Crippen LogP contribution < -0.4 is 11.2 Å². The van der Waals surface area contributed by atoms with Crippen molar-refractivity contribution in [3.8, 4) is 0 Å². The lowest BCUT2D eigenvalue weighted by molar-refractivity contribution is -0.237. The molecule has 2 rings (SSSR count). The van der Waals surface area contributed by atoms with E-state index < -0.39 is 35.2 Å². The predicted octanol–water partition coefficient (Wildman–Crippen LogP) is 0.968. The van der Waals surface area contributed by atoms with Crippen LogP contribution in [-0.2, 0) is 14.3 Å². The number of H-pyrrole nitrogens is 1. The van der Waals surface area contributed by atoms with Crippen molar-refractivity contribution in [3.63, 3.8) is 0 Å². The Morgan fingerprint density at radius 1 is 1.61 bits per heavy atom. The highest BCUT2D eigenvalue weighted by molar-refractivity contribution is 5.38. The molecule has 10 heteroatoms. The Kier molecular flexibility index (Phi) is 4.57. The van der Waals surface area contributed by atoms with Gasteiger partial charge in [-0.25, -0.2) is 4.79 Å². The van der Waals surface area contributed by atoms with Gasteiger partial charge in [-0.15, -0.1) is 0 Å². The number of nitrogens with zero attached hydrogens (tertiary/aromatic N) is 4. The average Bonchev–Trinajstić information content (AvgIpc) is 2.78. The monoisotopic (exact) mass is 323 g/mol. The van der Waals surface area contributed by atoms with Crippen LogP contribution in [0.1, 0.15) is 32.1 Å². The Hall–Kier alpha value is -2.58. The van der Waals surface area contributed by atoms with Crippen molar-refractivity contribution in [1.82, 2.24) is 9.55 Å². The Morgan fingerprint density at radius 2 is 2.30 bits per heavy atom. The van der Waals surface area contributed by atoms with Gasteiger partial charge in [0.05, 0.1) is 6.04 Å². The minimum Gasteiger partial charge on any atom is -0.435 e. The second-order valence-corrected chi connectivity index (χ2v) is 5.35. The number of aryl methyl sites for hydroxylation is 1. The fourth-order valence-corrected chi connectivity index (χ4v) is 2.81. The highest BCUT2D eigenvalue weighted by Gasteiger charge is 2.54. The van der Waals surface area contributed by atoms with Gasteiger partial charge in [0.15, 0.2) is 6.23 Å². The molecule has 1 unspecified atom stereocenters. The fourth-order valence-electron chi connectivity index (χ4n) is 2.81. The molecular formula is C13H17N5O5. The minimum atomic E-state index is -1.31. The smallest absolute Gasteiger partial charge is 0.330 e. The van der Waals surface area contributed by atoms with Gasteiger partial charge < -0.3 is 9.47 Å². The first kappa shape index (κ1) is 16.8. The molecule has 0 aliphatic carbocycles. The van der Waals surface area contributed by atoms with E-state index in [2.05, 4.69) is 15.0 Å². The summed E-state index contributed by atoms with van der Waals surface area (Å²) in [5.74, 6) is -1.80. The summed E-state index contributed by atoms with van der Waals surface area (Å²) in [5.41, 5.74) is 7.88. The second kappa shape index (κ2) is 6.27. The zero-order chi connectivity index (χ0) is 17.2. The van der Waals surface area contributed by atoms with E-state index in [4.69, 9.17) is 15.0 Å². The minimum absolute atomic E-state index is 0.260. The van der Waals surface area contributed by atoms with Crippen molar-refractivity contribution in [2.24, 2.45) is 11.0 Å². The zero-order valence-electron chi connectivity index (χ0n) is 12.9. The van der Waals surface area contributed by atoms with Crippen molar-refractivity contribution >= 4 is 6.47 Å². The third-order valence-electron chi connectivity index (χ3n) is 4.16. The van der Waals surface area contributed by atoms with Crippen LogP contribution in [-0.4, -0.2) is 27.9 Å². The molecule has 0 spiro atoms. The van der Waals surface area contributed by atoms with E-state index in [0.717, 1.165) is 4.57 Å². The number of carbonyl (C=O) groups is 1. The number of nitrogens with one attached hydrogen (secondary N) is 1. The lowest BCUT2D eigenvalue weighted by Crippen LogP contribution is -2.38. The van der Waals surface area contributed by atoms with E-state index in [1.807, 2.05) is 0 Å². The lowest BCUT2D eigenvalue weighted by Gasteiger charge is -2.29. The number of azide groups is 1. The molecule has 0 bridgehead atoms. The molecular weight excluding hydrogens is 306 g/mol. The number of ether oxygens (including phenoxy) is 2. The Labute approximate surface area is 130 Å². The molecule has 0 amide bonds. The Bertz CT molecular complexity index is 765. The normalized spacial score (nSPS) is 29.8. The molecule has 2 heterocycles. The molecule has 1 fully saturated rings. The van der Waals surface area contributed by atoms with E-state index in [0.29, 0.717) is 12.0 Å². The first-order valence-corrected chi connectivity index (χ1v) is 7.05. The topological polar surface area (TPSA) is 139 Å². The van der Waals surface area contributed by atoms with E-state index >= 15 is 0 Å². The molecule has 0 radical (unpaired) electrons. The highest BCUT2D eigenvalue weighted by Crippen LogP contribution is 2.45. The maximum atomic E-state index is 12.1. The predicted molar refractivity (Wildman–Crippen MR) is 78.5 cm³/mol. The third-order valence-corrected chi connectivity index (χ3v) is 4.16. The van der Waals surface area contributed by atoms with Crippen molar-refractivity contribution in [3.05, 3.63) is 43.0 Å². The molecule has 0 aromatic carbocycles. The molecule has 23 heavy (non-hydrogen) atoms. The van der Waals surface area contributed by atoms with Crippen molar-refractivity contribution < 1.29 is 14.3 Å². The highest BCUT2D eigenvalue weighted by atomic mass is 16.7. The van der Waals surface area contributed by atoms with Crippen LogP contribution in [0.25, 0.3) is 10.4 Å². The van der Waals surface area contributed by atoms with Gasteiger partial charge in [-0.05, 0) is 12.5 Å². The fraction of sp³-hybridized carbons (Fsp3) is 0.615. The molecule has 10 nitrogen and oxygen atoms in total. The van der Waals surface area contributed by atoms with Crippen LogP contribution in [0.4, 0.5) is 0 Å². The molecule has 1 aromatic rings.